The number of carbonyl (C=O) groups excluding carboxylic acids is 2. The lowest BCUT2D eigenvalue weighted by molar-refractivity contribution is 0.0597. The number of hydrazine groups is 1. The molecule has 0 spiro atoms. The molecule has 0 aliphatic carbocycles. The van der Waals surface area contributed by atoms with Gasteiger partial charge in [0.15, 0.2) is 5.75 Å². The van der Waals surface area contributed by atoms with Gasteiger partial charge in [-0.1, -0.05) is 12.1 Å². The number of hydrogen-bond donors (Lipinski definition) is 4. The molecule has 1 heterocycles. The maximum atomic E-state index is 13.1. The molecule has 0 radical (unpaired) electrons. The van der Waals surface area contributed by atoms with E-state index in [0.717, 1.165) is 11.1 Å². The van der Waals surface area contributed by atoms with E-state index in [9.17, 15) is 19.1 Å². The van der Waals surface area contributed by atoms with Crippen LogP contribution < -0.4 is 16.6 Å². The third kappa shape index (κ3) is 4.31. The number of nitrogens with one attached hydrogen (secondary N) is 2. The number of esters is 1. The SMILES string of the molecule is COC(=O)c1cc(C(=O)NNCN)c2cc(Cc3ccc(F)cc3)cnc2c1O. The molecule has 2 aromatic carbocycles. The minimum absolute atomic E-state index is 0.000316. The zero-order valence-corrected chi connectivity index (χ0v) is 15.5. The summed E-state index contributed by atoms with van der Waals surface area (Å²) >= 11 is 0. The number of nitrogens with zero attached hydrogens (tertiary/aromatic N) is 1. The van der Waals surface area contributed by atoms with E-state index in [1.54, 1.807) is 18.2 Å². The van der Waals surface area contributed by atoms with E-state index in [1.165, 1.54) is 31.5 Å². The van der Waals surface area contributed by atoms with Gasteiger partial charge in [0, 0.05) is 11.6 Å². The number of methoxy groups -OCH3 is 1. The number of fused-ring (bicyclic) bond motifs is 1. The van der Waals surface area contributed by atoms with Gasteiger partial charge in [0.1, 0.15) is 16.9 Å². The van der Waals surface area contributed by atoms with Crippen molar-refractivity contribution in [3.8, 4) is 5.75 Å². The molecule has 1 amide bonds. The van der Waals surface area contributed by atoms with Crippen LogP contribution in [0.1, 0.15) is 31.8 Å². The van der Waals surface area contributed by atoms with Crippen LogP contribution >= 0.6 is 0 Å². The molecule has 0 saturated carbocycles. The van der Waals surface area contributed by atoms with Gasteiger partial charge < -0.3 is 15.6 Å². The number of aromatic hydroxyl groups is 1. The monoisotopic (exact) mass is 398 g/mol. The topological polar surface area (TPSA) is 127 Å². The van der Waals surface area contributed by atoms with Crippen LogP contribution in [-0.4, -0.2) is 35.7 Å². The molecule has 3 aromatic rings. The summed E-state index contributed by atoms with van der Waals surface area (Å²) in [5.41, 5.74) is 11.8. The summed E-state index contributed by atoms with van der Waals surface area (Å²) in [6.07, 6.45) is 1.96. The molecule has 9 heteroatoms. The van der Waals surface area contributed by atoms with Gasteiger partial charge in [0.2, 0.25) is 0 Å². The molecule has 1 aromatic heterocycles. The smallest absolute Gasteiger partial charge is 0.341 e. The van der Waals surface area contributed by atoms with Gasteiger partial charge in [-0.3, -0.25) is 15.2 Å². The van der Waals surface area contributed by atoms with Crippen molar-refractivity contribution < 1.29 is 23.8 Å². The van der Waals surface area contributed by atoms with Crippen molar-refractivity contribution in [2.24, 2.45) is 5.73 Å². The van der Waals surface area contributed by atoms with Gasteiger partial charge in [0.25, 0.3) is 5.91 Å². The molecule has 0 aliphatic heterocycles. The average molecular weight is 398 g/mol. The fraction of sp³-hybridized carbons (Fsp3) is 0.150. The first-order chi connectivity index (χ1) is 13.9. The third-order valence-electron chi connectivity index (χ3n) is 4.28. The number of halogens is 1. The van der Waals surface area contributed by atoms with Crippen LogP contribution in [0.4, 0.5) is 4.39 Å². The molecule has 8 nitrogen and oxygen atoms in total. The maximum Gasteiger partial charge on any atom is 0.341 e. The Morgan fingerprint density at radius 2 is 1.90 bits per heavy atom. The van der Waals surface area contributed by atoms with Crippen molar-refractivity contribution in [3.63, 3.8) is 0 Å². The number of rotatable bonds is 6. The molecule has 29 heavy (non-hydrogen) atoms. The summed E-state index contributed by atoms with van der Waals surface area (Å²) in [7, 11) is 1.17. The summed E-state index contributed by atoms with van der Waals surface area (Å²) in [6, 6.07) is 8.93. The summed E-state index contributed by atoms with van der Waals surface area (Å²) < 4.78 is 17.8. The van der Waals surface area contributed by atoms with Crippen LogP contribution in [0.25, 0.3) is 10.9 Å². The van der Waals surface area contributed by atoms with E-state index in [-0.39, 0.29) is 34.9 Å². The molecule has 0 aliphatic rings. The molecule has 0 saturated heterocycles. The Balaban J connectivity index is 2.11. The lowest BCUT2D eigenvalue weighted by Crippen LogP contribution is -2.40. The number of benzene rings is 2. The molecule has 150 valence electrons. The second kappa shape index (κ2) is 8.63. The van der Waals surface area contributed by atoms with Gasteiger partial charge in [-0.2, -0.15) is 0 Å². The first-order valence-electron chi connectivity index (χ1n) is 8.65. The minimum atomic E-state index is -0.803. The quantitative estimate of drug-likeness (QED) is 0.282. The number of nitrogens with two attached hydrogens (primary N) is 1. The van der Waals surface area contributed by atoms with Gasteiger partial charge in [-0.05, 0) is 41.8 Å². The van der Waals surface area contributed by atoms with E-state index in [1.807, 2.05) is 0 Å². The van der Waals surface area contributed by atoms with Gasteiger partial charge in [0.05, 0.1) is 19.3 Å². The van der Waals surface area contributed by atoms with Crippen LogP contribution in [0.5, 0.6) is 5.75 Å². The Morgan fingerprint density at radius 1 is 1.17 bits per heavy atom. The highest BCUT2D eigenvalue weighted by molar-refractivity contribution is 6.11. The Morgan fingerprint density at radius 3 is 2.55 bits per heavy atom. The number of aromatic nitrogens is 1. The van der Waals surface area contributed by atoms with Crippen molar-refractivity contribution >= 4 is 22.8 Å². The van der Waals surface area contributed by atoms with E-state index >= 15 is 0 Å². The molecule has 3 rings (SSSR count). The van der Waals surface area contributed by atoms with Crippen LogP contribution in [0, 0.1) is 5.82 Å². The summed E-state index contributed by atoms with van der Waals surface area (Å²) in [6.45, 7) is -0.000316. The number of ether oxygens (including phenoxy) is 1. The Labute approximate surface area is 165 Å². The van der Waals surface area contributed by atoms with Gasteiger partial charge in [-0.15, -0.1) is 0 Å². The second-order valence-corrected chi connectivity index (χ2v) is 6.19. The largest absolute Gasteiger partial charge is 0.505 e. The standard InChI is InChI=1S/C20H19FN4O4/c1-29-20(28)16-8-15(19(27)25-24-10-22)14-7-12(9-23-17(14)18(16)26)6-11-2-4-13(21)5-3-11/h2-5,7-9,24,26H,6,10,22H2,1H3,(H,25,27). The highest BCUT2D eigenvalue weighted by atomic mass is 19.1. The number of amides is 1. The lowest BCUT2D eigenvalue weighted by Gasteiger charge is -2.13. The molecule has 0 fully saturated rings. The number of hydrogen-bond acceptors (Lipinski definition) is 7. The van der Waals surface area contributed by atoms with Crippen LogP contribution in [0.2, 0.25) is 0 Å². The normalized spacial score (nSPS) is 10.7. The third-order valence-corrected chi connectivity index (χ3v) is 4.28. The number of phenols is 1. The van der Waals surface area contributed by atoms with Gasteiger partial charge >= 0.3 is 5.97 Å². The number of phenolic OH excluding ortho intramolecular Hbond substituents is 1. The van der Waals surface area contributed by atoms with E-state index in [2.05, 4.69) is 20.6 Å². The highest BCUT2D eigenvalue weighted by Gasteiger charge is 2.22. The van der Waals surface area contributed by atoms with Crippen molar-refractivity contribution in [2.75, 3.05) is 13.8 Å². The first-order valence-corrected chi connectivity index (χ1v) is 8.65. The summed E-state index contributed by atoms with van der Waals surface area (Å²) in [5.74, 6) is -2.09. The summed E-state index contributed by atoms with van der Waals surface area (Å²) in [4.78, 5) is 28.8. The molecule has 0 atom stereocenters. The van der Waals surface area contributed by atoms with Crippen molar-refractivity contribution in [3.05, 3.63) is 70.7 Å². The Kier molecular flexibility index (Phi) is 6.01. The Bertz CT molecular complexity index is 1070. The van der Waals surface area contributed by atoms with Crippen LogP contribution in [0.15, 0.2) is 42.6 Å². The van der Waals surface area contributed by atoms with E-state index in [0.29, 0.717) is 11.8 Å². The van der Waals surface area contributed by atoms with E-state index < -0.39 is 11.9 Å². The predicted octanol–water partition coefficient (Wildman–Crippen LogP) is 1.61. The average Bonchev–Trinajstić information content (AvgIpc) is 2.73. The number of pyridine rings is 1. The zero-order valence-electron chi connectivity index (χ0n) is 15.5. The molecular formula is C20H19FN4O4. The second-order valence-electron chi connectivity index (χ2n) is 6.19. The molecule has 0 unspecified atom stereocenters. The highest BCUT2D eigenvalue weighted by Crippen LogP contribution is 2.32. The fourth-order valence-corrected chi connectivity index (χ4v) is 2.91. The van der Waals surface area contributed by atoms with Crippen LogP contribution in [-0.2, 0) is 11.2 Å². The number of carbonyl (C=O) groups is 2. The lowest BCUT2D eigenvalue weighted by atomic mass is 9.99. The van der Waals surface area contributed by atoms with Crippen molar-refractivity contribution in [1.82, 2.24) is 15.8 Å². The predicted molar refractivity (Wildman–Crippen MR) is 104 cm³/mol. The van der Waals surface area contributed by atoms with Crippen molar-refractivity contribution in [2.45, 2.75) is 6.42 Å². The fourth-order valence-electron chi connectivity index (χ4n) is 2.91. The molecule has 0 bridgehead atoms. The minimum Gasteiger partial charge on any atom is -0.505 e. The van der Waals surface area contributed by atoms with E-state index in [4.69, 9.17) is 5.73 Å². The maximum absolute atomic E-state index is 13.1. The Hall–Kier alpha value is -3.56. The molecule has 5 N–H and O–H groups in total. The van der Waals surface area contributed by atoms with Gasteiger partial charge in [-0.25, -0.2) is 14.6 Å². The van der Waals surface area contributed by atoms with Crippen LogP contribution in [0.3, 0.4) is 0 Å². The zero-order chi connectivity index (χ0) is 21.0. The summed E-state index contributed by atoms with van der Waals surface area (Å²) in [5, 5.41) is 10.8. The first kappa shape index (κ1) is 20.2. The van der Waals surface area contributed by atoms with Crippen molar-refractivity contribution in [1.29, 1.82) is 0 Å². The molecular weight excluding hydrogens is 379 g/mol.